The van der Waals surface area contributed by atoms with Crippen molar-refractivity contribution < 1.29 is 17.9 Å². The van der Waals surface area contributed by atoms with Gasteiger partial charge in [0.05, 0.1) is 12.2 Å². The van der Waals surface area contributed by atoms with Gasteiger partial charge >= 0.3 is 16.2 Å². The quantitative estimate of drug-likeness (QED) is 0.816. The van der Waals surface area contributed by atoms with Crippen LogP contribution < -0.4 is 4.72 Å². The molecule has 0 bridgehead atoms. The smallest absolute Gasteiger partial charge is 0.341 e. The molecule has 20 heavy (non-hydrogen) atoms. The first kappa shape index (κ1) is 16.9. The van der Waals surface area contributed by atoms with Crippen LogP contribution in [0, 0.1) is 6.92 Å². The van der Waals surface area contributed by atoms with Gasteiger partial charge in [-0.25, -0.2) is 4.79 Å². The van der Waals surface area contributed by atoms with Crippen molar-refractivity contribution in [2.24, 2.45) is 0 Å². The summed E-state index contributed by atoms with van der Waals surface area (Å²) in [7, 11) is -2.20. The van der Waals surface area contributed by atoms with Gasteiger partial charge in [0, 0.05) is 18.0 Å². The lowest BCUT2D eigenvalue weighted by Gasteiger charge is -2.21. The van der Waals surface area contributed by atoms with Gasteiger partial charge in [0.1, 0.15) is 5.00 Å². The van der Waals surface area contributed by atoms with Crippen LogP contribution in [0.25, 0.3) is 0 Å². The molecule has 0 fully saturated rings. The average molecular weight is 320 g/mol. The minimum atomic E-state index is -3.68. The lowest BCUT2D eigenvalue weighted by atomic mass is 10.3. The summed E-state index contributed by atoms with van der Waals surface area (Å²) in [4.78, 5) is 12.6. The van der Waals surface area contributed by atoms with Gasteiger partial charge in [-0.3, -0.25) is 4.72 Å². The van der Waals surface area contributed by atoms with Crippen LogP contribution in [-0.4, -0.2) is 38.4 Å². The zero-order valence-electron chi connectivity index (χ0n) is 12.3. The van der Waals surface area contributed by atoms with Gasteiger partial charge in [-0.1, -0.05) is 0 Å². The molecule has 6 nitrogen and oxygen atoms in total. The number of anilines is 1. The van der Waals surface area contributed by atoms with Crippen molar-refractivity contribution in [3.05, 3.63) is 16.5 Å². The van der Waals surface area contributed by atoms with E-state index in [4.69, 9.17) is 4.74 Å². The molecule has 1 N–H and O–H groups in total. The van der Waals surface area contributed by atoms with Gasteiger partial charge in [-0.05, 0) is 33.8 Å². The largest absolute Gasteiger partial charge is 0.462 e. The Hall–Kier alpha value is -1.12. The molecule has 1 rings (SSSR count). The zero-order valence-corrected chi connectivity index (χ0v) is 13.9. The van der Waals surface area contributed by atoms with Crippen LogP contribution in [0.2, 0.25) is 0 Å². The van der Waals surface area contributed by atoms with E-state index in [1.165, 1.54) is 22.7 Å². The number of hydrogen-bond donors (Lipinski definition) is 1. The standard InChI is InChI=1S/C12H20N2O4S2/c1-6-18-12(15)10-7-9(4)19-11(10)13-20(16,17)14(5)8(2)3/h7-8,13H,6H2,1-5H3. The average Bonchev–Trinajstić information content (AvgIpc) is 2.68. The molecule has 0 radical (unpaired) electrons. The Morgan fingerprint density at radius 2 is 2.10 bits per heavy atom. The number of thiophene rings is 1. The second-order valence-corrected chi connectivity index (χ2v) is 7.52. The summed E-state index contributed by atoms with van der Waals surface area (Å²) in [6.07, 6.45) is 0. The predicted molar refractivity (Wildman–Crippen MR) is 80.5 cm³/mol. The van der Waals surface area contributed by atoms with Crippen molar-refractivity contribution >= 4 is 32.5 Å². The van der Waals surface area contributed by atoms with Crippen molar-refractivity contribution in [1.29, 1.82) is 0 Å². The molecule has 0 atom stereocenters. The van der Waals surface area contributed by atoms with E-state index in [-0.39, 0.29) is 23.2 Å². The second kappa shape index (κ2) is 6.55. The highest BCUT2D eigenvalue weighted by atomic mass is 32.2. The summed E-state index contributed by atoms with van der Waals surface area (Å²) in [6, 6.07) is 1.44. The third-order valence-electron chi connectivity index (χ3n) is 2.68. The minimum absolute atomic E-state index is 0.181. The van der Waals surface area contributed by atoms with Crippen LogP contribution in [0.3, 0.4) is 0 Å². The maximum absolute atomic E-state index is 12.2. The van der Waals surface area contributed by atoms with Crippen LogP contribution in [-0.2, 0) is 14.9 Å². The number of nitrogens with zero attached hydrogens (tertiary/aromatic N) is 1. The topological polar surface area (TPSA) is 75.7 Å². The first-order valence-corrected chi connectivity index (χ1v) is 8.48. The Kier molecular flexibility index (Phi) is 5.55. The number of carbonyl (C=O) groups is 1. The van der Waals surface area contributed by atoms with E-state index >= 15 is 0 Å². The lowest BCUT2D eigenvalue weighted by Crippen LogP contribution is -2.37. The van der Waals surface area contributed by atoms with Crippen molar-refractivity contribution in [3.8, 4) is 0 Å². The highest BCUT2D eigenvalue weighted by Gasteiger charge is 2.24. The van der Waals surface area contributed by atoms with Gasteiger partial charge in [0.25, 0.3) is 0 Å². The molecule has 0 amide bonds. The molecule has 1 heterocycles. The summed E-state index contributed by atoms with van der Waals surface area (Å²) >= 11 is 1.21. The third-order valence-corrected chi connectivity index (χ3v) is 5.42. The molecule has 1 aromatic rings. The molecule has 0 aromatic carbocycles. The van der Waals surface area contributed by atoms with E-state index in [1.54, 1.807) is 33.8 Å². The van der Waals surface area contributed by atoms with E-state index in [1.807, 2.05) is 0 Å². The first-order chi connectivity index (χ1) is 9.19. The highest BCUT2D eigenvalue weighted by molar-refractivity contribution is 7.90. The Balaban J connectivity index is 3.07. The SMILES string of the molecule is CCOC(=O)c1cc(C)sc1NS(=O)(=O)N(C)C(C)C. The van der Waals surface area contributed by atoms with E-state index in [0.717, 1.165) is 4.88 Å². The van der Waals surface area contributed by atoms with E-state index in [2.05, 4.69) is 4.72 Å². The number of hydrogen-bond acceptors (Lipinski definition) is 5. The van der Waals surface area contributed by atoms with Gasteiger partial charge < -0.3 is 4.74 Å². The van der Waals surface area contributed by atoms with E-state index in [0.29, 0.717) is 0 Å². The monoisotopic (exact) mass is 320 g/mol. The fourth-order valence-corrected chi connectivity index (χ4v) is 3.69. The van der Waals surface area contributed by atoms with Crippen LogP contribution in [0.1, 0.15) is 36.0 Å². The Morgan fingerprint density at radius 1 is 1.50 bits per heavy atom. The molecule has 114 valence electrons. The number of esters is 1. The molecule has 1 aromatic heterocycles. The summed E-state index contributed by atoms with van der Waals surface area (Å²) in [5.41, 5.74) is 0.245. The first-order valence-electron chi connectivity index (χ1n) is 6.22. The zero-order chi connectivity index (χ0) is 15.5. The van der Waals surface area contributed by atoms with Gasteiger partial charge in [-0.2, -0.15) is 12.7 Å². The van der Waals surface area contributed by atoms with Gasteiger partial charge in [0.2, 0.25) is 0 Å². The van der Waals surface area contributed by atoms with E-state index < -0.39 is 16.2 Å². The normalized spacial score (nSPS) is 11.9. The molecule has 0 aliphatic rings. The number of aryl methyl sites for hydroxylation is 1. The number of nitrogens with one attached hydrogen (secondary N) is 1. The number of carbonyl (C=O) groups excluding carboxylic acids is 1. The maximum Gasteiger partial charge on any atom is 0.341 e. The van der Waals surface area contributed by atoms with Crippen molar-refractivity contribution in [2.75, 3.05) is 18.4 Å². The fourth-order valence-electron chi connectivity index (χ4n) is 1.42. The summed E-state index contributed by atoms with van der Waals surface area (Å²) in [6.45, 7) is 7.28. The van der Waals surface area contributed by atoms with Crippen molar-refractivity contribution in [1.82, 2.24) is 4.31 Å². The predicted octanol–water partition coefficient (Wildman–Crippen LogP) is 2.23. The molecule has 0 aliphatic heterocycles. The Morgan fingerprint density at radius 3 is 2.60 bits per heavy atom. The molecule has 8 heteroatoms. The van der Waals surface area contributed by atoms with Crippen LogP contribution in [0.4, 0.5) is 5.00 Å². The minimum Gasteiger partial charge on any atom is -0.462 e. The highest BCUT2D eigenvalue weighted by Crippen LogP contribution is 2.29. The number of rotatable bonds is 6. The Bertz CT molecular complexity index is 578. The molecule has 0 spiro atoms. The molecule has 0 saturated heterocycles. The summed E-state index contributed by atoms with van der Waals surface area (Å²) in [5, 5.41) is 0.286. The van der Waals surface area contributed by atoms with Crippen LogP contribution in [0.15, 0.2) is 6.07 Å². The fraction of sp³-hybridized carbons (Fsp3) is 0.583. The maximum atomic E-state index is 12.2. The number of ether oxygens (including phenoxy) is 1. The Labute approximate surface area is 123 Å². The molecule has 0 aliphatic carbocycles. The summed E-state index contributed by atoms with van der Waals surface area (Å²) < 4.78 is 32.9. The van der Waals surface area contributed by atoms with Crippen LogP contribution in [0.5, 0.6) is 0 Å². The van der Waals surface area contributed by atoms with Gasteiger partial charge in [0.15, 0.2) is 0 Å². The summed E-state index contributed by atoms with van der Waals surface area (Å²) in [5.74, 6) is -0.526. The van der Waals surface area contributed by atoms with Crippen molar-refractivity contribution in [2.45, 2.75) is 33.7 Å². The molecule has 0 unspecified atom stereocenters. The molecule has 0 saturated carbocycles. The van der Waals surface area contributed by atoms with Crippen LogP contribution >= 0.6 is 11.3 Å². The molecular formula is C12H20N2O4S2. The molecular weight excluding hydrogens is 300 g/mol. The second-order valence-electron chi connectivity index (χ2n) is 4.54. The van der Waals surface area contributed by atoms with Gasteiger partial charge in [-0.15, -0.1) is 11.3 Å². The van der Waals surface area contributed by atoms with E-state index in [9.17, 15) is 13.2 Å². The third kappa shape index (κ3) is 3.94. The lowest BCUT2D eigenvalue weighted by molar-refractivity contribution is 0.0528. The van der Waals surface area contributed by atoms with Crippen molar-refractivity contribution in [3.63, 3.8) is 0 Å².